The quantitative estimate of drug-likeness (QED) is 0.805. The number of hydrogen-bond donors (Lipinski definition) is 1. The summed E-state index contributed by atoms with van der Waals surface area (Å²) in [7, 11) is 3.06. The van der Waals surface area contributed by atoms with Gasteiger partial charge in [0.1, 0.15) is 18.0 Å². The Kier molecular flexibility index (Phi) is 3.41. The Balaban J connectivity index is 2.50. The summed E-state index contributed by atoms with van der Waals surface area (Å²) in [5.74, 6) is 1.28. The molecule has 0 aliphatic heterocycles. The molecule has 0 aliphatic carbocycles. The van der Waals surface area contributed by atoms with Gasteiger partial charge >= 0.3 is 5.97 Å². The Morgan fingerprint density at radius 2 is 2.11 bits per heavy atom. The van der Waals surface area contributed by atoms with Gasteiger partial charge in [-0.05, 0) is 13.8 Å². The van der Waals surface area contributed by atoms with Gasteiger partial charge in [0.25, 0.3) is 5.82 Å². The van der Waals surface area contributed by atoms with Crippen molar-refractivity contribution in [3.05, 3.63) is 23.5 Å². The molecule has 0 amide bonds. The molecule has 0 bridgehead atoms. The van der Waals surface area contributed by atoms with Gasteiger partial charge in [0, 0.05) is 12.6 Å². The van der Waals surface area contributed by atoms with Gasteiger partial charge in [-0.3, -0.25) is 0 Å². The van der Waals surface area contributed by atoms with Crippen molar-refractivity contribution in [2.75, 3.05) is 19.5 Å². The number of aryl methyl sites for hydroxylation is 1. The lowest BCUT2D eigenvalue weighted by Crippen LogP contribution is -2.10. The van der Waals surface area contributed by atoms with Gasteiger partial charge in [0.05, 0.1) is 7.11 Å². The maximum atomic E-state index is 11.3. The highest BCUT2D eigenvalue weighted by atomic mass is 16.5. The van der Waals surface area contributed by atoms with E-state index in [1.807, 2.05) is 6.92 Å². The maximum absolute atomic E-state index is 11.3. The predicted molar refractivity (Wildman–Crippen MR) is 67.3 cm³/mol. The molecule has 0 aliphatic rings. The maximum Gasteiger partial charge on any atom is 0.377 e. The van der Waals surface area contributed by atoms with Crippen LogP contribution in [0.5, 0.6) is 0 Å². The first-order chi connectivity index (χ1) is 9.06. The van der Waals surface area contributed by atoms with Crippen LogP contribution in [0.1, 0.15) is 22.0 Å². The molecule has 100 valence electrons. The Morgan fingerprint density at radius 3 is 2.74 bits per heavy atom. The van der Waals surface area contributed by atoms with Crippen LogP contribution in [0, 0.1) is 13.8 Å². The summed E-state index contributed by atoms with van der Waals surface area (Å²) < 4.78 is 5.99. The second-order valence-electron chi connectivity index (χ2n) is 3.82. The minimum absolute atomic E-state index is 0.0100. The van der Waals surface area contributed by atoms with Crippen molar-refractivity contribution >= 4 is 11.8 Å². The minimum Gasteiger partial charge on any atom is -0.463 e. The monoisotopic (exact) mass is 262 g/mol. The fraction of sp³-hybridized carbons (Fsp3) is 0.364. The number of nitrogens with one attached hydrogen (secondary N) is 1. The second kappa shape index (κ2) is 5.01. The number of hydrogen-bond acceptors (Lipinski definition) is 7. The van der Waals surface area contributed by atoms with E-state index in [-0.39, 0.29) is 5.82 Å². The number of carbonyl (C=O) groups is 1. The van der Waals surface area contributed by atoms with Gasteiger partial charge in [0.15, 0.2) is 5.82 Å². The third-order valence-corrected chi connectivity index (χ3v) is 2.55. The summed E-state index contributed by atoms with van der Waals surface area (Å²) in [5.41, 5.74) is 0.814. The second-order valence-corrected chi connectivity index (χ2v) is 3.82. The van der Waals surface area contributed by atoms with Crippen LogP contribution >= 0.6 is 0 Å². The fourth-order valence-electron chi connectivity index (χ4n) is 1.63. The van der Waals surface area contributed by atoms with Crippen molar-refractivity contribution in [3.8, 4) is 5.82 Å². The molecule has 0 fully saturated rings. The summed E-state index contributed by atoms with van der Waals surface area (Å²) in [5, 5.41) is 7.02. The molecular formula is C11H14N6O2. The summed E-state index contributed by atoms with van der Waals surface area (Å²) >= 11 is 0. The van der Waals surface area contributed by atoms with E-state index in [1.165, 1.54) is 18.1 Å². The number of anilines is 1. The van der Waals surface area contributed by atoms with Crippen LogP contribution in [0.3, 0.4) is 0 Å². The van der Waals surface area contributed by atoms with Gasteiger partial charge < -0.3 is 10.1 Å². The van der Waals surface area contributed by atoms with Crippen LogP contribution in [0.15, 0.2) is 6.33 Å². The third kappa shape index (κ3) is 2.37. The van der Waals surface area contributed by atoms with Crippen molar-refractivity contribution in [2.45, 2.75) is 13.8 Å². The van der Waals surface area contributed by atoms with Crippen LogP contribution < -0.4 is 5.32 Å². The lowest BCUT2D eigenvalue weighted by atomic mass is 10.3. The molecule has 8 nitrogen and oxygen atoms in total. The fourth-order valence-corrected chi connectivity index (χ4v) is 1.63. The number of aromatic nitrogens is 5. The molecule has 0 aromatic carbocycles. The Bertz CT molecular complexity index is 622. The Hall–Kier alpha value is -2.51. The highest BCUT2D eigenvalue weighted by molar-refractivity contribution is 5.84. The normalized spacial score (nSPS) is 10.3. The molecule has 8 heteroatoms. The van der Waals surface area contributed by atoms with E-state index in [9.17, 15) is 4.79 Å². The van der Waals surface area contributed by atoms with Gasteiger partial charge in [-0.25, -0.2) is 24.4 Å². The zero-order chi connectivity index (χ0) is 14.0. The zero-order valence-electron chi connectivity index (χ0n) is 11.1. The van der Waals surface area contributed by atoms with Gasteiger partial charge in [0.2, 0.25) is 0 Å². The van der Waals surface area contributed by atoms with Crippen molar-refractivity contribution < 1.29 is 9.53 Å². The van der Waals surface area contributed by atoms with Crippen molar-refractivity contribution in [3.63, 3.8) is 0 Å². The SMILES string of the molecule is CNc1nc(C)nc(-n2cnc(C(=O)OC)n2)c1C. The van der Waals surface area contributed by atoms with Crippen molar-refractivity contribution in [1.82, 2.24) is 24.7 Å². The smallest absolute Gasteiger partial charge is 0.377 e. The molecule has 0 unspecified atom stereocenters. The number of nitrogens with zero attached hydrogens (tertiary/aromatic N) is 5. The molecule has 1 N–H and O–H groups in total. The molecule has 2 heterocycles. The summed E-state index contributed by atoms with van der Waals surface area (Å²) in [4.78, 5) is 23.8. The summed E-state index contributed by atoms with van der Waals surface area (Å²) in [6, 6.07) is 0. The number of carbonyl (C=O) groups excluding carboxylic acids is 1. The standard InChI is InChI=1S/C11H14N6O2/c1-6-8(12-3)14-7(2)15-10(6)17-5-13-9(16-17)11(18)19-4/h5H,1-4H3,(H,12,14,15). The molecular weight excluding hydrogens is 248 g/mol. The summed E-state index contributed by atoms with van der Waals surface area (Å²) in [6.45, 7) is 3.64. The van der Waals surface area contributed by atoms with Gasteiger partial charge in [-0.1, -0.05) is 0 Å². The van der Waals surface area contributed by atoms with E-state index in [4.69, 9.17) is 0 Å². The highest BCUT2D eigenvalue weighted by Crippen LogP contribution is 2.17. The third-order valence-electron chi connectivity index (χ3n) is 2.55. The first kappa shape index (κ1) is 12.9. The first-order valence-electron chi connectivity index (χ1n) is 5.60. The number of methoxy groups -OCH3 is 1. The van der Waals surface area contributed by atoms with Gasteiger partial charge in [-0.15, -0.1) is 5.10 Å². The zero-order valence-corrected chi connectivity index (χ0v) is 11.1. The Morgan fingerprint density at radius 1 is 1.37 bits per heavy atom. The number of rotatable bonds is 3. The van der Waals surface area contributed by atoms with Crippen LogP contribution in [-0.4, -0.2) is 44.9 Å². The molecule has 0 atom stereocenters. The molecule has 19 heavy (non-hydrogen) atoms. The van der Waals surface area contributed by atoms with Gasteiger partial charge in [-0.2, -0.15) is 0 Å². The van der Waals surface area contributed by atoms with Crippen LogP contribution in [0.2, 0.25) is 0 Å². The largest absolute Gasteiger partial charge is 0.463 e. The molecule has 2 aromatic heterocycles. The lowest BCUT2D eigenvalue weighted by Gasteiger charge is -2.09. The molecule has 0 saturated carbocycles. The molecule has 2 rings (SSSR count). The lowest BCUT2D eigenvalue weighted by molar-refractivity contribution is 0.0587. The molecule has 0 radical (unpaired) electrons. The average molecular weight is 262 g/mol. The first-order valence-corrected chi connectivity index (χ1v) is 5.60. The van der Waals surface area contributed by atoms with E-state index in [2.05, 4.69) is 30.1 Å². The van der Waals surface area contributed by atoms with E-state index < -0.39 is 5.97 Å². The summed E-state index contributed by atoms with van der Waals surface area (Å²) in [6.07, 6.45) is 1.42. The van der Waals surface area contributed by atoms with Crippen LogP contribution in [0.4, 0.5) is 5.82 Å². The molecule has 2 aromatic rings. The molecule has 0 spiro atoms. The molecule has 0 saturated heterocycles. The topological polar surface area (TPSA) is 94.8 Å². The Labute approximate surface area is 109 Å². The van der Waals surface area contributed by atoms with Crippen LogP contribution in [-0.2, 0) is 4.74 Å². The van der Waals surface area contributed by atoms with E-state index in [0.717, 1.165) is 5.56 Å². The van der Waals surface area contributed by atoms with Crippen LogP contribution in [0.25, 0.3) is 5.82 Å². The van der Waals surface area contributed by atoms with E-state index in [1.54, 1.807) is 14.0 Å². The van der Waals surface area contributed by atoms with E-state index in [0.29, 0.717) is 17.5 Å². The highest BCUT2D eigenvalue weighted by Gasteiger charge is 2.15. The van der Waals surface area contributed by atoms with Crippen molar-refractivity contribution in [2.24, 2.45) is 0 Å². The number of esters is 1. The van der Waals surface area contributed by atoms with E-state index >= 15 is 0 Å². The minimum atomic E-state index is -0.587. The predicted octanol–water partition coefficient (Wildman–Crippen LogP) is 0.502. The average Bonchev–Trinajstić information content (AvgIpc) is 2.89. The number of ether oxygens (including phenoxy) is 1. The van der Waals surface area contributed by atoms with Crippen molar-refractivity contribution in [1.29, 1.82) is 0 Å².